The summed E-state index contributed by atoms with van der Waals surface area (Å²) >= 11 is 0. The van der Waals surface area contributed by atoms with Crippen LogP contribution < -0.4 is 17.0 Å². The van der Waals surface area contributed by atoms with Crippen molar-refractivity contribution >= 4 is 50.2 Å². The quantitative estimate of drug-likeness (QED) is 0.171. The summed E-state index contributed by atoms with van der Waals surface area (Å²) in [5, 5.41) is 11.7. The van der Waals surface area contributed by atoms with Gasteiger partial charge in [-0.1, -0.05) is 13.8 Å². The van der Waals surface area contributed by atoms with Crippen LogP contribution in [0.1, 0.15) is 26.1 Å². The van der Waals surface area contributed by atoms with Crippen LogP contribution in [0.3, 0.4) is 0 Å². The van der Waals surface area contributed by atoms with Gasteiger partial charge in [-0.25, -0.2) is 24.5 Å². The Morgan fingerprint density at radius 1 is 1.09 bits per heavy atom. The molecule has 2 unspecified atom stereocenters. The van der Waals surface area contributed by atoms with Crippen LogP contribution in [-0.2, 0) is 36.7 Å². The minimum atomic E-state index is -4.96. The number of nitrogen functional groups attached to an aromatic ring is 2. The summed E-state index contributed by atoms with van der Waals surface area (Å²) in [7, 11) is -7.82. The Morgan fingerprint density at radius 2 is 1.85 bits per heavy atom. The van der Waals surface area contributed by atoms with Gasteiger partial charge in [-0.15, -0.1) is 9.05 Å². The molecule has 4 fully saturated rings. The number of H-pyrrole nitrogens is 1. The van der Waals surface area contributed by atoms with E-state index in [0.717, 1.165) is 0 Å². The van der Waals surface area contributed by atoms with Gasteiger partial charge in [0.2, 0.25) is 5.95 Å². The van der Waals surface area contributed by atoms with Crippen molar-refractivity contribution in [3.63, 3.8) is 0 Å². The van der Waals surface area contributed by atoms with E-state index in [4.69, 9.17) is 39.0 Å². The minimum Gasteiger partial charge on any atom is -0.388 e. The average molecular weight is 696 g/mol. The van der Waals surface area contributed by atoms with E-state index in [2.05, 4.69) is 29.9 Å². The Morgan fingerprint density at radius 3 is 2.66 bits per heavy atom. The van der Waals surface area contributed by atoms with E-state index in [9.17, 15) is 23.9 Å². The fourth-order valence-corrected chi connectivity index (χ4v) is 9.13. The topological polar surface area (TPSA) is 289 Å². The molecule has 1 aliphatic carbocycles. The number of rotatable bonds is 2. The van der Waals surface area contributed by atoms with E-state index in [-0.39, 0.29) is 36.1 Å². The van der Waals surface area contributed by atoms with Crippen LogP contribution in [0.15, 0.2) is 23.8 Å². The molecule has 7 heterocycles. The molecular weight excluding hydrogens is 666 g/mol. The molecule has 2 bridgehead atoms. The van der Waals surface area contributed by atoms with Gasteiger partial charge in [0.15, 0.2) is 40.6 Å². The minimum absolute atomic E-state index is 0.0274. The van der Waals surface area contributed by atoms with Gasteiger partial charge >= 0.3 is 16.1 Å². The second kappa shape index (κ2) is 10.5. The van der Waals surface area contributed by atoms with Crippen molar-refractivity contribution < 1.29 is 46.7 Å². The molecule has 4 aliphatic rings. The number of aliphatic hydroxyl groups excluding tert-OH is 1. The third-order valence-electron chi connectivity index (χ3n) is 9.67. The van der Waals surface area contributed by atoms with Crippen molar-refractivity contribution in [1.82, 2.24) is 39.0 Å². The molecule has 3 aliphatic heterocycles. The predicted molar refractivity (Wildman–Crippen MR) is 156 cm³/mol. The van der Waals surface area contributed by atoms with E-state index >= 15 is 0 Å². The van der Waals surface area contributed by atoms with Crippen molar-refractivity contribution in [2.45, 2.75) is 56.1 Å². The molecule has 0 amide bonds. The molecule has 4 aromatic heterocycles. The normalized spacial score (nSPS) is 39.9. The Kier molecular flexibility index (Phi) is 6.89. The second-order valence-corrected chi connectivity index (χ2v) is 14.6. The van der Waals surface area contributed by atoms with Crippen LogP contribution in [0.4, 0.5) is 11.8 Å². The molecular formula is C24H29N10O11P2+. The van der Waals surface area contributed by atoms with Gasteiger partial charge in [0.05, 0.1) is 31.9 Å². The summed E-state index contributed by atoms with van der Waals surface area (Å²) < 4.78 is 65.2. The van der Waals surface area contributed by atoms with Crippen molar-refractivity contribution in [2.24, 2.45) is 11.3 Å². The number of aromatic amines is 1. The number of anilines is 2. The fourth-order valence-electron chi connectivity index (χ4n) is 7.09. The first-order chi connectivity index (χ1) is 22.3. The third kappa shape index (κ3) is 4.57. The number of nitrogens with zero attached hydrogens (tertiary/aromatic N) is 7. The zero-order chi connectivity index (χ0) is 33.0. The highest BCUT2D eigenvalue weighted by atomic mass is 31.2. The lowest BCUT2D eigenvalue weighted by atomic mass is 9.79. The monoisotopic (exact) mass is 695 g/mol. The summed E-state index contributed by atoms with van der Waals surface area (Å²) in [4.78, 5) is 46.6. The maximum atomic E-state index is 13.6. The van der Waals surface area contributed by atoms with Crippen molar-refractivity contribution in [3.8, 4) is 0 Å². The highest BCUT2D eigenvalue weighted by molar-refractivity contribution is 7.47. The number of nitrogens with one attached hydrogen (secondary N) is 1. The summed E-state index contributed by atoms with van der Waals surface area (Å²) in [5.74, 6) is -0.650. The van der Waals surface area contributed by atoms with E-state index in [1.54, 1.807) is 13.8 Å². The number of aliphatic hydroxyl groups is 1. The molecule has 8 rings (SSSR count). The lowest BCUT2D eigenvalue weighted by Crippen LogP contribution is -2.46. The molecule has 1 saturated carbocycles. The van der Waals surface area contributed by atoms with Crippen LogP contribution in [0.25, 0.3) is 22.3 Å². The highest BCUT2D eigenvalue weighted by Crippen LogP contribution is 2.60. The van der Waals surface area contributed by atoms with E-state index in [1.807, 2.05) is 0 Å². The van der Waals surface area contributed by atoms with Gasteiger partial charge in [-0.2, -0.15) is 4.98 Å². The van der Waals surface area contributed by atoms with Crippen molar-refractivity contribution in [1.29, 1.82) is 0 Å². The molecule has 23 heteroatoms. The van der Waals surface area contributed by atoms with Crippen LogP contribution in [0.2, 0.25) is 0 Å². The second-order valence-electron chi connectivity index (χ2n) is 12.3. The molecule has 47 heavy (non-hydrogen) atoms. The first-order valence-electron chi connectivity index (χ1n) is 14.4. The number of fused-ring (bicyclic) bond motifs is 3. The zero-order valence-electron chi connectivity index (χ0n) is 24.6. The summed E-state index contributed by atoms with van der Waals surface area (Å²) in [6.07, 6.45) is -1.86. The third-order valence-corrected chi connectivity index (χ3v) is 11.4. The smallest absolute Gasteiger partial charge is 0.388 e. The number of hydrogen-bond donors (Lipinski definition) is 5. The number of ether oxygens (including phenoxy) is 2. The molecule has 3 saturated heterocycles. The Labute approximate surface area is 264 Å². The van der Waals surface area contributed by atoms with Gasteiger partial charge < -0.3 is 35.5 Å². The zero-order valence-corrected chi connectivity index (χ0v) is 26.4. The maximum absolute atomic E-state index is 13.6. The maximum Gasteiger partial charge on any atom is 0.697 e. The Balaban J connectivity index is 1.12. The molecule has 4 aromatic rings. The number of phosphoric acid groups is 1. The SMILES string of the molecule is C[C@@H]1[C@@H](n2cnc3c(=O)[nH]c(N)nc32)[C@H](O)[C@@H]2OP(=O)(O)OC[C@@]34CO[C@@H]([C@H](n5cnc6c(N)ncnc65)O3)[C@@H]4O[P+](=O)OC[C@@]12C. The highest BCUT2D eigenvalue weighted by Gasteiger charge is 2.68. The van der Waals surface area contributed by atoms with Gasteiger partial charge in [0.25, 0.3) is 5.56 Å². The summed E-state index contributed by atoms with van der Waals surface area (Å²) in [6.45, 7) is 2.26. The first-order valence-corrected chi connectivity index (χ1v) is 17.0. The van der Waals surface area contributed by atoms with Gasteiger partial charge in [0.1, 0.15) is 36.8 Å². The van der Waals surface area contributed by atoms with Crippen molar-refractivity contribution in [3.05, 3.63) is 29.3 Å². The lowest BCUT2D eigenvalue weighted by Gasteiger charge is -2.35. The number of imidazole rings is 2. The molecule has 250 valence electrons. The van der Waals surface area contributed by atoms with Gasteiger partial charge in [-0.3, -0.25) is 23.4 Å². The standard InChI is InChI=1S/C24H28N10O11P2/c1-9-12(33-7-30-11-19(33)31-22(26)32-20(11)36)13(35)15-23(9,2)3-41-46(37)44-16-14-21(34-8-29-10-17(25)27-6-28-18(10)34)43-24(16,4-40-14)5-42-47(38,39)45-15/h6-9,12-16,21,35H,3-5H2,1-2H3,(H5-,25,26,27,28,31,32,36,38,39)/p+1/t9-,12-,13+,14-,15+,16+,21-,23+,24-/m1/s1. The first kappa shape index (κ1) is 30.8. The number of nitrogens with two attached hydrogens (primary N) is 2. The van der Waals surface area contributed by atoms with Crippen LogP contribution >= 0.6 is 16.1 Å². The number of hydrogen-bond acceptors (Lipinski definition) is 17. The van der Waals surface area contributed by atoms with E-state index < -0.39 is 81.9 Å². The molecule has 7 N–H and O–H groups in total. The molecule has 0 spiro atoms. The number of phosphoric ester groups is 1. The van der Waals surface area contributed by atoms with Crippen LogP contribution in [0.5, 0.6) is 0 Å². The molecule has 0 aromatic carbocycles. The largest absolute Gasteiger partial charge is 0.697 e. The average Bonchev–Trinajstić information content (AvgIpc) is 3.81. The number of aromatic nitrogens is 8. The molecule has 0 radical (unpaired) electrons. The molecule has 11 atom stereocenters. The Hall–Kier alpha value is -3.49. The summed E-state index contributed by atoms with van der Waals surface area (Å²) in [6, 6.07) is -0.912. The van der Waals surface area contributed by atoms with Crippen LogP contribution in [-0.4, -0.2) is 98.9 Å². The predicted octanol–water partition coefficient (Wildman–Crippen LogP) is -0.0767. The summed E-state index contributed by atoms with van der Waals surface area (Å²) in [5.41, 5.74) is 9.00. The van der Waals surface area contributed by atoms with Gasteiger partial charge in [-0.05, 0) is 5.92 Å². The van der Waals surface area contributed by atoms with Gasteiger partial charge in [0, 0.05) is 9.98 Å². The fraction of sp³-hybridized carbons (Fsp3) is 0.583. The van der Waals surface area contributed by atoms with Crippen molar-refractivity contribution in [2.75, 3.05) is 31.3 Å². The lowest BCUT2D eigenvalue weighted by molar-refractivity contribution is -0.184. The van der Waals surface area contributed by atoms with Crippen LogP contribution in [0, 0.1) is 11.3 Å². The van der Waals surface area contributed by atoms with E-state index in [1.165, 1.54) is 28.1 Å². The van der Waals surface area contributed by atoms with E-state index in [0.29, 0.717) is 11.2 Å². The molecule has 21 nitrogen and oxygen atoms in total. The Bertz CT molecular complexity index is 2040.